The van der Waals surface area contributed by atoms with Crippen molar-refractivity contribution in [2.45, 2.75) is 6.04 Å². The molecule has 0 fully saturated rings. The highest BCUT2D eigenvalue weighted by atomic mass is 16.4. The van der Waals surface area contributed by atoms with Crippen LogP contribution in [0.3, 0.4) is 0 Å². The van der Waals surface area contributed by atoms with Crippen LogP contribution in [0.25, 0.3) is 11.2 Å². The molecule has 2 aromatic heterocycles. The molecule has 0 spiro atoms. The van der Waals surface area contributed by atoms with Crippen LogP contribution in [0, 0.1) is 0 Å². The summed E-state index contributed by atoms with van der Waals surface area (Å²) < 4.78 is 0. The van der Waals surface area contributed by atoms with Crippen LogP contribution in [0.4, 0.5) is 0 Å². The topological polar surface area (TPSA) is 102 Å². The molecule has 0 saturated carbocycles. The Hall–Kier alpha value is -2.08. The second kappa shape index (κ2) is 3.58. The van der Waals surface area contributed by atoms with E-state index >= 15 is 0 Å². The molecular weight excluding hydrogens is 196 g/mol. The number of aliphatic carboxylic acids is 1. The van der Waals surface area contributed by atoms with Gasteiger partial charge in [-0.2, -0.15) is 0 Å². The Morgan fingerprint density at radius 2 is 2.07 bits per heavy atom. The van der Waals surface area contributed by atoms with E-state index in [0.717, 1.165) is 0 Å². The maximum atomic E-state index is 10.6. The molecule has 0 aliphatic rings. The second-order valence-electron chi connectivity index (χ2n) is 2.95. The molecule has 76 valence electrons. The van der Waals surface area contributed by atoms with E-state index < -0.39 is 12.0 Å². The molecule has 0 saturated heterocycles. The number of aromatic nitrogens is 3. The molecule has 15 heavy (non-hydrogen) atoms. The Morgan fingerprint density at radius 3 is 2.80 bits per heavy atom. The van der Waals surface area contributed by atoms with Crippen molar-refractivity contribution >= 4 is 17.1 Å². The summed E-state index contributed by atoms with van der Waals surface area (Å²) >= 11 is 0. The summed E-state index contributed by atoms with van der Waals surface area (Å²) in [6.07, 6.45) is 3.03. The first-order valence-corrected chi connectivity index (χ1v) is 4.24. The van der Waals surface area contributed by atoms with Crippen LogP contribution in [-0.4, -0.2) is 26.0 Å². The lowest BCUT2D eigenvalue weighted by molar-refractivity contribution is -0.138. The molecule has 1 atom stereocenters. The van der Waals surface area contributed by atoms with Gasteiger partial charge in [-0.25, -0.2) is 9.97 Å². The molecule has 6 nitrogen and oxygen atoms in total. The standard InChI is InChI=1S/C9H8N4O2/c10-7(9(14)15)5-1-2-6-8(13-5)12-4-3-11-6/h1-4,7H,10H2,(H,14,15). The van der Waals surface area contributed by atoms with Crippen molar-refractivity contribution in [1.82, 2.24) is 15.0 Å². The quantitative estimate of drug-likeness (QED) is 0.719. The lowest BCUT2D eigenvalue weighted by Crippen LogP contribution is -2.21. The smallest absolute Gasteiger partial charge is 0.326 e. The van der Waals surface area contributed by atoms with Gasteiger partial charge in [0.1, 0.15) is 11.6 Å². The van der Waals surface area contributed by atoms with Crippen molar-refractivity contribution in [2.75, 3.05) is 0 Å². The van der Waals surface area contributed by atoms with E-state index in [0.29, 0.717) is 11.2 Å². The number of fused-ring (bicyclic) bond motifs is 1. The van der Waals surface area contributed by atoms with Crippen LogP contribution in [0.15, 0.2) is 24.5 Å². The highest BCUT2D eigenvalue weighted by molar-refractivity contribution is 5.76. The van der Waals surface area contributed by atoms with Crippen LogP contribution in [-0.2, 0) is 4.79 Å². The van der Waals surface area contributed by atoms with Crippen molar-refractivity contribution in [3.8, 4) is 0 Å². The monoisotopic (exact) mass is 204 g/mol. The zero-order valence-electron chi connectivity index (χ0n) is 7.66. The second-order valence-corrected chi connectivity index (χ2v) is 2.95. The fourth-order valence-corrected chi connectivity index (χ4v) is 1.17. The normalized spacial score (nSPS) is 12.6. The van der Waals surface area contributed by atoms with Crippen molar-refractivity contribution < 1.29 is 9.90 Å². The molecule has 0 aromatic carbocycles. The molecule has 2 heterocycles. The third-order valence-electron chi connectivity index (χ3n) is 1.94. The number of pyridine rings is 1. The number of nitrogens with zero attached hydrogens (tertiary/aromatic N) is 3. The van der Waals surface area contributed by atoms with Crippen molar-refractivity contribution in [3.05, 3.63) is 30.2 Å². The van der Waals surface area contributed by atoms with Crippen molar-refractivity contribution in [1.29, 1.82) is 0 Å². The van der Waals surface area contributed by atoms with Gasteiger partial charge in [-0.15, -0.1) is 0 Å². The fourth-order valence-electron chi connectivity index (χ4n) is 1.17. The van der Waals surface area contributed by atoms with Crippen LogP contribution >= 0.6 is 0 Å². The van der Waals surface area contributed by atoms with E-state index in [-0.39, 0.29) is 5.69 Å². The summed E-state index contributed by atoms with van der Waals surface area (Å²) in [5.41, 5.74) is 6.70. The number of carboxylic acids is 1. The predicted molar refractivity (Wildman–Crippen MR) is 51.9 cm³/mol. The van der Waals surface area contributed by atoms with Gasteiger partial charge in [0.25, 0.3) is 0 Å². The number of carboxylic acid groups (broad SMARTS) is 1. The lowest BCUT2D eigenvalue weighted by atomic mass is 10.2. The van der Waals surface area contributed by atoms with E-state index in [2.05, 4.69) is 15.0 Å². The summed E-state index contributed by atoms with van der Waals surface area (Å²) in [5, 5.41) is 8.71. The van der Waals surface area contributed by atoms with Gasteiger partial charge in [-0.1, -0.05) is 0 Å². The van der Waals surface area contributed by atoms with E-state index in [1.807, 2.05) is 0 Å². The highest BCUT2D eigenvalue weighted by Gasteiger charge is 2.16. The first-order chi connectivity index (χ1) is 7.18. The van der Waals surface area contributed by atoms with E-state index in [1.54, 1.807) is 12.3 Å². The molecule has 0 aliphatic carbocycles. The molecule has 1 unspecified atom stereocenters. The number of rotatable bonds is 2. The number of hydrogen-bond donors (Lipinski definition) is 2. The predicted octanol–water partition coefficient (Wildman–Crippen LogP) is 0.109. The average molecular weight is 204 g/mol. The summed E-state index contributed by atoms with van der Waals surface area (Å²) in [7, 11) is 0. The first-order valence-electron chi connectivity index (χ1n) is 4.24. The molecule has 6 heteroatoms. The Bertz CT molecular complexity index is 514. The minimum atomic E-state index is -1.13. The molecule has 0 amide bonds. The van der Waals surface area contributed by atoms with Gasteiger partial charge in [0.15, 0.2) is 5.65 Å². The van der Waals surface area contributed by atoms with Crippen LogP contribution < -0.4 is 5.73 Å². The molecule has 2 rings (SSSR count). The van der Waals surface area contributed by atoms with E-state index in [4.69, 9.17) is 10.8 Å². The maximum absolute atomic E-state index is 10.6. The van der Waals surface area contributed by atoms with Crippen molar-refractivity contribution in [2.24, 2.45) is 5.73 Å². The molecule has 3 N–H and O–H groups in total. The lowest BCUT2D eigenvalue weighted by Gasteiger charge is -2.05. The van der Waals surface area contributed by atoms with Crippen LogP contribution in [0.5, 0.6) is 0 Å². The molecular formula is C9H8N4O2. The van der Waals surface area contributed by atoms with Gasteiger partial charge in [0, 0.05) is 12.4 Å². The fraction of sp³-hybridized carbons (Fsp3) is 0.111. The molecule has 2 aromatic rings. The van der Waals surface area contributed by atoms with Gasteiger partial charge in [-0.05, 0) is 12.1 Å². The van der Waals surface area contributed by atoms with Gasteiger partial charge in [0.2, 0.25) is 0 Å². The number of carbonyl (C=O) groups is 1. The molecule has 0 radical (unpaired) electrons. The van der Waals surface area contributed by atoms with Crippen molar-refractivity contribution in [3.63, 3.8) is 0 Å². The summed E-state index contributed by atoms with van der Waals surface area (Å²) in [6, 6.07) is 2.06. The Kier molecular flexibility index (Phi) is 2.26. The van der Waals surface area contributed by atoms with Gasteiger partial charge < -0.3 is 10.8 Å². The summed E-state index contributed by atoms with van der Waals surface area (Å²) in [5.74, 6) is -1.12. The zero-order chi connectivity index (χ0) is 10.8. The molecule has 0 bridgehead atoms. The minimum absolute atomic E-state index is 0.274. The number of nitrogens with two attached hydrogens (primary N) is 1. The van der Waals surface area contributed by atoms with Gasteiger partial charge >= 0.3 is 5.97 Å². The van der Waals surface area contributed by atoms with Gasteiger partial charge in [-0.3, -0.25) is 9.78 Å². The van der Waals surface area contributed by atoms with Crippen LogP contribution in [0.1, 0.15) is 11.7 Å². The third kappa shape index (κ3) is 1.75. The Balaban J connectivity index is 2.51. The Labute approximate surface area is 84.8 Å². The van der Waals surface area contributed by atoms with E-state index in [9.17, 15) is 4.79 Å². The first kappa shape index (κ1) is 9.47. The van der Waals surface area contributed by atoms with E-state index in [1.165, 1.54) is 12.3 Å². The summed E-state index contributed by atoms with van der Waals surface area (Å²) in [4.78, 5) is 22.6. The zero-order valence-corrected chi connectivity index (χ0v) is 7.66. The van der Waals surface area contributed by atoms with Gasteiger partial charge in [0.05, 0.1) is 5.69 Å². The summed E-state index contributed by atoms with van der Waals surface area (Å²) in [6.45, 7) is 0. The SMILES string of the molecule is NC(C(=O)O)c1ccc2nccnc2n1. The minimum Gasteiger partial charge on any atom is -0.480 e. The highest BCUT2D eigenvalue weighted by Crippen LogP contribution is 2.11. The largest absolute Gasteiger partial charge is 0.480 e. The maximum Gasteiger partial charge on any atom is 0.326 e. The molecule has 0 aliphatic heterocycles. The average Bonchev–Trinajstić information content (AvgIpc) is 2.27. The third-order valence-corrected chi connectivity index (χ3v) is 1.94. The Morgan fingerprint density at radius 1 is 1.33 bits per heavy atom. The van der Waals surface area contributed by atoms with Crippen LogP contribution in [0.2, 0.25) is 0 Å². The number of hydrogen-bond acceptors (Lipinski definition) is 5.